The lowest BCUT2D eigenvalue weighted by atomic mass is 10.0. The fourth-order valence-electron chi connectivity index (χ4n) is 4.25. The fourth-order valence-corrected chi connectivity index (χ4v) is 4.25. The second-order valence-electron chi connectivity index (χ2n) is 9.57. The van der Waals surface area contributed by atoms with Crippen LogP contribution in [0.25, 0.3) is 10.9 Å². The Bertz CT molecular complexity index is 1380. The van der Waals surface area contributed by atoms with Crippen LogP contribution in [-0.4, -0.2) is 75.6 Å². The van der Waals surface area contributed by atoms with Gasteiger partial charge >= 0.3 is 5.97 Å². The van der Waals surface area contributed by atoms with Crippen molar-refractivity contribution in [2.24, 2.45) is 11.5 Å². The highest BCUT2D eigenvalue weighted by atomic mass is 16.4. The van der Waals surface area contributed by atoms with Gasteiger partial charge in [0, 0.05) is 29.9 Å². The Balaban J connectivity index is 1.65. The number of aromatic amines is 1. The summed E-state index contributed by atoms with van der Waals surface area (Å²) in [6.07, 6.45) is 1.41. The monoisotopic (exact) mass is 566 g/mol. The van der Waals surface area contributed by atoms with E-state index in [0.717, 1.165) is 16.5 Å². The van der Waals surface area contributed by atoms with Gasteiger partial charge in [0.05, 0.1) is 12.6 Å². The molecule has 0 saturated carbocycles. The summed E-state index contributed by atoms with van der Waals surface area (Å²) in [6.45, 7) is -0.855. The molecule has 2 aromatic carbocycles. The molecule has 41 heavy (non-hydrogen) atoms. The van der Waals surface area contributed by atoms with Crippen molar-refractivity contribution in [3.05, 3.63) is 71.9 Å². The van der Waals surface area contributed by atoms with Gasteiger partial charge in [0.1, 0.15) is 18.1 Å². The number of amides is 4. The molecule has 13 heteroatoms. The zero-order valence-corrected chi connectivity index (χ0v) is 22.2. The van der Waals surface area contributed by atoms with Crippen molar-refractivity contribution in [1.82, 2.24) is 20.9 Å². The maximum absolute atomic E-state index is 13.1. The molecule has 0 fully saturated rings. The molecule has 0 aliphatic rings. The maximum Gasteiger partial charge on any atom is 0.326 e. The molecule has 218 valence electrons. The number of aliphatic carboxylic acids is 1. The van der Waals surface area contributed by atoms with E-state index in [4.69, 9.17) is 11.5 Å². The third-order valence-electron chi connectivity index (χ3n) is 6.48. The highest BCUT2D eigenvalue weighted by Gasteiger charge is 2.30. The normalized spacial score (nSPS) is 13.9. The summed E-state index contributed by atoms with van der Waals surface area (Å²) >= 11 is 0. The minimum Gasteiger partial charge on any atom is -0.480 e. The van der Waals surface area contributed by atoms with Gasteiger partial charge in [-0.3, -0.25) is 19.2 Å². The van der Waals surface area contributed by atoms with Gasteiger partial charge in [0.2, 0.25) is 23.6 Å². The van der Waals surface area contributed by atoms with Gasteiger partial charge in [-0.1, -0.05) is 48.5 Å². The van der Waals surface area contributed by atoms with Gasteiger partial charge in [-0.25, -0.2) is 4.79 Å². The van der Waals surface area contributed by atoms with Crippen LogP contribution in [0.2, 0.25) is 0 Å². The Kier molecular flexibility index (Phi) is 11.0. The van der Waals surface area contributed by atoms with Crippen molar-refractivity contribution < 1.29 is 34.2 Å². The van der Waals surface area contributed by atoms with Crippen LogP contribution in [0.3, 0.4) is 0 Å². The summed E-state index contributed by atoms with van der Waals surface area (Å²) in [4.78, 5) is 65.0. The van der Waals surface area contributed by atoms with Crippen LogP contribution < -0.4 is 27.4 Å². The number of nitrogens with one attached hydrogen (secondary N) is 4. The number of aromatic nitrogens is 1. The van der Waals surface area contributed by atoms with Crippen molar-refractivity contribution >= 4 is 40.5 Å². The predicted molar refractivity (Wildman–Crippen MR) is 149 cm³/mol. The largest absolute Gasteiger partial charge is 0.480 e. The quantitative estimate of drug-likeness (QED) is 0.114. The summed E-state index contributed by atoms with van der Waals surface area (Å²) in [6, 6.07) is 10.8. The number of carbonyl (C=O) groups is 5. The molecular weight excluding hydrogens is 532 g/mol. The third kappa shape index (κ3) is 8.88. The van der Waals surface area contributed by atoms with Crippen molar-refractivity contribution in [1.29, 1.82) is 0 Å². The van der Waals surface area contributed by atoms with Crippen LogP contribution in [0.1, 0.15) is 24.0 Å². The van der Waals surface area contributed by atoms with Gasteiger partial charge in [-0.05, 0) is 30.0 Å². The van der Waals surface area contributed by atoms with Crippen LogP contribution in [0, 0.1) is 0 Å². The Labute approximate surface area is 235 Å². The average Bonchev–Trinajstić information content (AvgIpc) is 3.36. The lowest BCUT2D eigenvalue weighted by molar-refractivity contribution is -0.142. The number of benzene rings is 2. The molecule has 10 N–H and O–H groups in total. The molecule has 4 atom stereocenters. The number of carboxylic acids is 1. The lowest BCUT2D eigenvalue weighted by Crippen LogP contribution is -2.58. The number of H-pyrrole nitrogens is 1. The van der Waals surface area contributed by atoms with Crippen LogP contribution in [0.4, 0.5) is 0 Å². The molecule has 4 amide bonds. The van der Waals surface area contributed by atoms with Crippen LogP contribution in [-0.2, 0) is 36.8 Å². The van der Waals surface area contributed by atoms with Crippen molar-refractivity contribution in [2.75, 3.05) is 6.61 Å². The Morgan fingerprint density at radius 3 is 2.07 bits per heavy atom. The maximum atomic E-state index is 13.1. The van der Waals surface area contributed by atoms with Crippen molar-refractivity contribution in [3.8, 4) is 0 Å². The molecule has 3 aromatic rings. The summed E-state index contributed by atoms with van der Waals surface area (Å²) in [5, 5.41) is 27.3. The number of para-hydroxylation sites is 1. The first-order valence-corrected chi connectivity index (χ1v) is 13.0. The summed E-state index contributed by atoms with van der Waals surface area (Å²) in [5.41, 5.74) is 13.7. The Morgan fingerprint density at radius 1 is 0.805 bits per heavy atom. The molecule has 0 spiro atoms. The van der Waals surface area contributed by atoms with Gasteiger partial charge < -0.3 is 42.6 Å². The number of aliphatic hydroxyl groups is 1. The van der Waals surface area contributed by atoms with Crippen LogP contribution >= 0.6 is 0 Å². The number of fused-ring (bicyclic) bond motifs is 1. The first-order chi connectivity index (χ1) is 19.6. The molecule has 3 rings (SSSR count). The van der Waals surface area contributed by atoms with E-state index in [0.29, 0.717) is 5.56 Å². The number of hydrogen-bond donors (Lipinski definition) is 8. The van der Waals surface area contributed by atoms with E-state index in [-0.39, 0.29) is 25.7 Å². The first kappa shape index (κ1) is 30.8. The molecule has 0 saturated heterocycles. The summed E-state index contributed by atoms with van der Waals surface area (Å²) in [7, 11) is 0. The number of carbonyl (C=O) groups excluding carboxylic acids is 4. The smallest absolute Gasteiger partial charge is 0.326 e. The van der Waals surface area contributed by atoms with Crippen LogP contribution in [0.5, 0.6) is 0 Å². The van der Waals surface area contributed by atoms with E-state index >= 15 is 0 Å². The molecule has 13 nitrogen and oxygen atoms in total. The molecule has 0 aliphatic heterocycles. The fraction of sp³-hybridized carbons (Fsp3) is 0.321. The van der Waals surface area contributed by atoms with Gasteiger partial charge in [0.25, 0.3) is 0 Å². The second kappa shape index (κ2) is 14.6. The standard InChI is InChI=1S/C28H34N6O7/c29-19(13-17-14-31-20-9-5-4-8-18(17)20)25(37)32-21(10-11-24(30)36)26(38)34-23(15-35)27(39)33-22(28(40)41)12-16-6-2-1-3-7-16/h1-9,14,19,21-23,31,35H,10-13,15,29H2,(H2,30,36)(H,32,37)(H,33,39)(H,34,38)(H,40,41). The number of primary amides is 1. The average molecular weight is 567 g/mol. The molecule has 1 aromatic heterocycles. The Hall–Kier alpha value is -4.75. The highest BCUT2D eigenvalue weighted by Crippen LogP contribution is 2.19. The van der Waals surface area contributed by atoms with Gasteiger partial charge in [-0.15, -0.1) is 0 Å². The summed E-state index contributed by atoms with van der Waals surface area (Å²) < 4.78 is 0. The minimum atomic E-state index is -1.53. The zero-order chi connectivity index (χ0) is 29.9. The number of aliphatic hydroxyl groups excluding tert-OH is 1. The molecular formula is C28H34N6O7. The van der Waals surface area contributed by atoms with E-state index in [1.54, 1.807) is 36.5 Å². The predicted octanol–water partition coefficient (Wildman–Crippen LogP) is -0.923. The topological polar surface area (TPSA) is 230 Å². The third-order valence-corrected chi connectivity index (χ3v) is 6.48. The molecule has 4 unspecified atom stereocenters. The number of carboxylic acid groups (broad SMARTS) is 1. The van der Waals surface area contributed by atoms with E-state index in [2.05, 4.69) is 20.9 Å². The first-order valence-electron chi connectivity index (χ1n) is 13.0. The van der Waals surface area contributed by atoms with Gasteiger partial charge in [0.15, 0.2) is 0 Å². The van der Waals surface area contributed by atoms with E-state index in [1.165, 1.54) is 0 Å². The number of nitrogens with two attached hydrogens (primary N) is 2. The highest BCUT2D eigenvalue weighted by molar-refractivity contribution is 5.94. The number of hydrogen-bond acceptors (Lipinski definition) is 7. The SMILES string of the molecule is NC(=O)CCC(NC(=O)C(N)Cc1c[nH]c2ccccc12)C(=O)NC(CO)C(=O)NC(Cc1ccccc1)C(=O)O. The van der Waals surface area contributed by atoms with E-state index < -0.39 is 60.4 Å². The summed E-state index contributed by atoms with van der Waals surface area (Å²) in [5.74, 6) is -4.54. The Morgan fingerprint density at radius 2 is 1.41 bits per heavy atom. The molecule has 0 aliphatic carbocycles. The van der Waals surface area contributed by atoms with E-state index in [9.17, 15) is 34.2 Å². The van der Waals surface area contributed by atoms with Crippen molar-refractivity contribution in [3.63, 3.8) is 0 Å². The van der Waals surface area contributed by atoms with Gasteiger partial charge in [-0.2, -0.15) is 0 Å². The van der Waals surface area contributed by atoms with E-state index in [1.807, 2.05) is 24.3 Å². The lowest BCUT2D eigenvalue weighted by Gasteiger charge is -2.24. The molecule has 0 bridgehead atoms. The second-order valence-corrected chi connectivity index (χ2v) is 9.57. The van der Waals surface area contributed by atoms with Crippen molar-refractivity contribution in [2.45, 2.75) is 49.9 Å². The minimum absolute atomic E-state index is 0.0282. The molecule has 1 heterocycles. The van der Waals surface area contributed by atoms with Crippen LogP contribution in [0.15, 0.2) is 60.8 Å². The molecule has 0 radical (unpaired) electrons. The number of rotatable bonds is 15. The zero-order valence-electron chi connectivity index (χ0n) is 22.2.